The number of aryl methyl sites for hydroxylation is 2. The number of fused-ring (bicyclic) bond motifs is 4. The minimum atomic E-state index is 0.641. The highest BCUT2D eigenvalue weighted by molar-refractivity contribution is 5.48. The number of rotatable bonds is 3. The fourth-order valence-electron chi connectivity index (χ4n) is 4.00. The van der Waals surface area contributed by atoms with Gasteiger partial charge in [-0.2, -0.15) is 0 Å². The van der Waals surface area contributed by atoms with Gasteiger partial charge in [-0.25, -0.2) is 9.97 Å². The summed E-state index contributed by atoms with van der Waals surface area (Å²) in [7, 11) is 0. The zero-order valence-electron chi connectivity index (χ0n) is 12.9. The molecule has 1 aromatic rings. The second-order valence-electron chi connectivity index (χ2n) is 6.62. The van der Waals surface area contributed by atoms with Crippen LogP contribution in [0.15, 0.2) is 0 Å². The van der Waals surface area contributed by atoms with E-state index in [1.807, 2.05) is 6.92 Å². The van der Waals surface area contributed by atoms with E-state index in [2.05, 4.69) is 25.1 Å². The number of hydrogen-bond donors (Lipinski definition) is 1. The Labute approximate surface area is 126 Å². The van der Waals surface area contributed by atoms with Crippen molar-refractivity contribution in [2.75, 3.05) is 44.6 Å². The van der Waals surface area contributed by atoms with Gasteiger partial charge in [0.25, 0.3) is 0 Å². The SMILES string of the molecule is Cc1nc2c(c(NCC3CN4CCN3CC4)n1)CCCC2. The Balaban J connectivity index is 1.48. The molecule has 5 rings (SSSR count). The summed E-state index contributed by atoms with van der Waals surface area (Å²) in [4.78, 5) is 14.5. The second kappa shape index (κ2) is 5.54. The molecule has 2 bridgehead atoms. The molecule has 0 spiro atoms. The Kier molecular flexibility index (Phi) is 3.55. The summed E-state index contributed by atoms with van der Waals surface area (Å²) >= 11 is 0. The number of piperazine rings is 3. The van der Waals surface area contributed by atoms with Crippen LogP contribution in [0.1, 0.15) is 29.9 Å². The van der Waals surface area contributed by atoms with E-state index in [0.29, 0.717) is 6.04 Å². The van der Waals surface area contributed by atoms with Crippen molar-refractivity contribution in [1.29, 1.82) is 0 Å². The third kappa shape index (κ3) is 2.64. The van der Waals surface area contributed by atoms with E-state index in [-0.39, 0.29) is 0 Å². The summed E-state index contributed by atoms with van der Waals surface area (Å²) in [5.74, 6) is 2.02. The summed E-state index contributed by atoms with van der Waals surface area (Å²) < 4.78 is 0. The van der Waals surface area contributed by atoms with Crippen molar-refractivity contribution in [3.63, 3.8) is 0 Å². The third-order valence-corrected chi connectivity index (χ3v) is 5.19. The molecule has 1 atom stereocenters. The topological polar surface area (TPSA) is 44.3 Å². The van der Waals surface area contributed by atoms with Crippen LogP contribution in [0, 0.1) is 6.92 Å². The van der Waals surface area contributed by atoms with Crippen LogP contribution in [0.4, 0.5) is 5.82 Å². The summed E-state index contributed by atoms with van der Waals surface area (Å²) in [6.07, 6.45) is 4.81. The lowest BCUT2D eigenvalue weighted by atomic mass is 9.96. The highest BCUT2D eigenvalue weighted by atomic mass is 15.3. The molecule has 3 saturated heterocycles. The van der Waals surface area contributed by atoms with Gasteiger partial charge in [-0.15, -0.1) is 0 Å². The zero-order valence-corrected chi connectivity index (χ0v) is 12.9. The van der Waals surface area contributed by atoms with E-state index in [4.69, 9.17) is 0 Å². The number of hydrogen-bond acceptors (Lipinski definition) is 5. The molecule has 0 amide bonds. The third-order valence-electron chi connectivity index (χ3n) is 5.19. The van der Waals surface area contributed by atoms with Crippen molar-refractivity contribution >= 4 is 5.82 Å². The Morgan fingerprint density at radius 2 is 1.90 bits per heavy atom. The second-order valence-corrected chi connectivity index (χ2v) is 6.62. The van der Waals surface area contributed by atoms with Crippen LogP contribution in [-0.2, 0) is 12.8 Å². The first-order valence-electron chi connectivity index (χ1n) is 8.36. The van der Waals surface area contributed by atoms with E-state index in [1.165, 1.54) is 56.8 Å². The Bertz CT molecular complexity index is 522. The monoisotopic (exact) mass is 287 g/mol. The van der Waals surface area contributed by atoms with Crippen LogP contribution >= 0.6 is 0 Å². The predicted molar refractivity (Wildman–Crippen MR) is 83.7 cm³/mol. The molecular formula is C16H25N5. The van der Waals surface area contributed by atoms with Gasteiger partial charge in [0.15, 0.2) is 0 Å². The molecule has 4 heterocycles. The minimum absolute atomic E-state index is 0.641. The molecular weight excluding hydrogens is 262 g/mol. The van der Waals surface area contributed by atoms with Gasteiger partial charge in [-0.05, 0) is 32.6 Å². The van der Waals surface area contributed by atoms with Crippen molar-refractivity contribution in [1.82, 2.24) is 19.8 Å². The first-order valence-corrected chi connectivity index (χ1v) is 8.36. The lowest BCUT2D eigenvalue weighted by Crippen LogP contribution is -2.62. The maximum Gasteiger partial charge on any atom is 0.133 e. The standard InChI is InChI=1S/C16H25N5/c1-12-18-15-5-3-2-4-14(15)16(19-12)17-10-13-11-20-6-8-21(13)9-7-20/h13H,2-11H2,1H3,(H,17,18,19). The molecule has 21 heavy (non-hydrogen) atoms. The van der Waals surface area contributed by atoms with Crippen LogP contribution < -0.4 is 5.32 Å². The summed E-state index contributed by atoms with van der Waals surface area (Å²) in [6, 6.07) is 0.641. The average molecular weight is 287 g/mol. The van der Waals surface area contributed by atoms with E-state index >= 15 is 0 Å². The van der Waals surface area contributed by atoms with Crippen molar-refractivity contribution in [3.8, 4) is 0 Å². The molecule has 0 radical (unpaired) electrons. The average Bonchev–Trinajstić information content (AvgIpc) is 2.53. The molecule has 3 aliphatic heterocycles. The molecule has 1 aliphatic carbocycles. The van der Waals surface area contributed by atoms with Crippen LogP contribution in [0.3, 0.4) is 0 Å². The van der Waals surface area contributed by atoms with Crippen molar-refractivity contribution in [2.45, 2.75) is 38.6 Å². The van der Waals surface area contributed by atoms with Gasteiger partial charge in [0.1, 0.15) is 11.6 Å². The molecule has 5 heteroatoms. The predicted octanol–water partition coefficient (Wildman–Crippen LogP) is 1.08. The summed E-state index contributed by atoms with van der Waals surface area (Å²) in [6.45, 7) is 9.19. The van der Waals surface area contributed by atoms with Crippen molar-refractivity contribution in [3.05, 3.63) is 17.1 Å². The molecule has 114 valence electrons. The quantitative estimate of drug-likeness (QED) is 0.901. The molecule has 1 N–H and O–H groups in total. The van der Waals surface area contributed by atoms with E-state index in [1.54, 1.807) is 0 Å². The molecule has 1 aromatic heterocycles. The number of nitrogens with one attached hydrogen (secondary N) is 1. The normalized spacial score (nSPS) is 31.0. The number of nitrogens with zero attached hydrogens (tertiary/aromatic N) is 4. The van der Waals surface area contributed by atoms with Gasteiger partial charge in [-0.1, -0.05) is 0 Å². The van der Waals surface area contributed by atoms with Gasteiger partial charge in [0.2, 0.25) is 0 Å². The Morgan fingerprint density at radius 3 is 2.67 bits per heavy atom. The first kappa shape index (κ1) is 13.5. The van der Waals surface area contributed by atoms with Gasteiger partial charge in [0.05, 0.1) is 0 Å². The van der Waals surface area contributed by atoms with Gasteiger partial charge >= 0.3 is 0 Å². The van der Waals surface area contributed by atoms with Gasteiger partial charge < -0.3 is 5.32 Å². The maximum absolute atomic E-state index is 4.68. The fourth-order valence-corrected chi connectivity index (χ4v) is 4.00. The minimum Gasteiger partial charge on any atom is -0.368 e. The molecule has 3 fully saturated rings. The van der Waals surface area contributed by atoms with Crippen LogP contribution in [0.25, 0.3) is 0 Å². The smallest absolute Gasteiger partial charge is 0.133 e. The van der Waals surface area contributed by atoms with Gasteiger partial charge in [-0.3, -0.25) is 9.80 Å². The van der Waals surface area contributed by atoms with Crippen LogP contribution in [0.5, 0.6) is 0 Å². The number of anilines is 1. The Morgan fingerprint density at radius 1 is 1.10 bits per heavy atom. The van der Waals surface area contributed by atoms with Crippen LogP contribution in [-0.4, -0.2) is 65.1 Å². The first-order chi connectivity index (χ1) is 10.3. The molecule has 0 saturated carbocycles. The zero-order chi connectivity index (χ0) is 14.2. The molecule has 1 unspecified atom stereocenters. The van der Waals surface area contributed by atoms with E-state index < -0.39 is 0 Å². The van der Waals surface area contributed by atoms with Crippen LogP contribution in [0.2, 0.25) is 0 Å². The number of aromatic nitrogens is 2. The Hall–Kier alpha value is -1.20. The summed E-state index contributed by atoms with van der Waals surface area (Å²) in [5.41, 5.74) is 2.66. The van der Waals surface area contributed by atoms with E-state index in [9.17, 15) is 0 Å². The largest absolute Gasteiger partial charge is 0.368 e. The lowest BCUT2D eigenvalue weighted by molar-refractivity contribution is 0.0189. The summed E-state index contributed by atoms with van der Waals surface area (Å²) in [5, 5.41) is 3.65. The highest BCUT2D eigenvalue weighted by Gasteiger charge is 2.31. The van der Waals surface area contributed by atoms with E-state index in [0.717, 1.165) is 31.0 Å². The lowest BCUT2D eigenvalue weighted by Gasteiger charge is -2.47. The molecule has 4 aliphatic rings. The van der Waals surface area contributed by atoms with Crippen molar-refractivity contribution < 1.29 is 0 Å². The van der Waals surface area contributed by atoms with Gasteiger partial charge in [0, 0.05) is 56.6 Å². The van der Waals surface area contributed by atoms with Crippen molar-refractivity contribution in [2.24, 2.45) is 0 Å². The highest BCUT2D eigenvalue weighted by Crippen LogP contribution is 2.26. The molecule has 5 nitrogen and oxygen atoms in total. The maximum atomic E-state index is 4.68. The molecule has 0 aromatic carbocycles. The fraction of sp³-hybridized carbons (Fsp3) is 0.750.